The molecule has 1 aliphatic heterocycles. The van der Waals surface area contributed by atoms with Crippen LogP contribution < -0.4 is 5.32 Å². The molecule has 0 spiro atoms. The maximum atomic E-state index is 11.2. The molecule has 1 N–H and O–H groups in total. The molecule has 19 heavy (non-hydrogen) atoms. The predicted octanol–water partition coefficient (Wildman–Crippen LogP) is 1.18. The lowest BCUT2D eigenvalue weighted by atomic mass is 10.1. The van der Waals surface area contributed by atoms with E-state index in [0.717, 1.165) is 0 Å². The van der Waals surface area contributed by atoms with Gasteiger partial charge in [0, 0.05) is 40.6 Å². The molecule has 2 rings (SSSR count). The number of pyridine rings is 1. The average molecular weight is 280 g/mol. The molecular weight excluding hydrogens is 268 g/mol. The summed E-state index contributed by atoms with van der Waals surface area (Å²) in [7, 11) is -0.775. The summed E-state index contributed by atoms with van der Waals surface area (Å²) >= 11 is 0. The number of nitrogens with one attached hydrogen (secondary N) is 1. The van der Waals surface area contributed by atoms with Crippen molar-refractivity contribution in [3.63, 3.8) is 0 Å². The Hall–Kier alpha value is -2.01. The Kier molecular flexibility index (Phi) is 4.06. The van der Waals surface area contributed by atoms with Gasteiger partial charge in [-0.2, -0.15) is 5.26 Å². The maximum Gasteiger partial charge on any atom is 0.312 e. The fourth-order valence-corrected chi connectivity index (χ4v) is 3.20. The van der Waals surface area contributed by atoms with Crippen LogP contribution in [0.15, 0.2) is 12.3 Å². The number of hydrogen-bond donors (Lipinski definition) is 1. The van der Waals surface area contributed by atoms with E-state index < -0.39 is 15.7 Å². The van der Waals surface area contributed by atoms with Gasteiger partial charge in [0.2, 0.25) is 5.82 Å². The highest BCUT2D eigenvalue weighted by molar-refractivity contribution is 7.85. The Morgan fingerprint density at radius 3 is 2.79 bits per heavy atom. The first kappa shape index (κ1) is 13.4. The van der Waals surface area contributed by atoms with Gasteiger partial charge in [-0.25, -0.2) is 4.98 Å². The number of nitriles is 1. The summed E-state index contributed by atoms with van der Waals surface area (Å²) in [4.78, 5) is 14.3. The van der Waals surface area contributed by atoms with Crippen LogP contribution in [0.4, 0.5) is 11.5 Å². The Labute approximate surface area is 112 Å². The highest BCUT2D eigenvalue weighted by Crippen LogP contribution is 2.25. The zero-order valence-corrected chi connectivity index (χ0v) is 10.9. The molecule has 0 unspecified atom stereocenters. The van der Waals surface area contributed by atoms with Gasteiger partial charge in [-0.1, -0.05) is 0 Å². The van der Waals surface area contributed by atoms with E-state index in [1.54, 1.807) is 0 Å². The smallest absolute Gasteiger partial charge is 0.312 e. The molecular formula is C11H12N4O3S. The van der Waals surface area contributed by atoms with Gasteiger partial charge in [0.1, 0.15) is 6.07 Å². The second-order valence-electron chi connectivity index (χ2n) is 4.23. The van der Waals surface area contributed by atoms with Gasteiger partial charge in [0.25, 0.3) is 0 Å². The van der Waals surface area contributed by atoms with Gasteiger partial charge in [0.05, 0.1) is 10.5 Å². The molecule has 0 aliphatic carbocycles. The van der Waals surface area contributed by atoms with Crippen LogP contribution in [0.5, 0.6) is 0 Å². The van der Waals surface area contributed by atoms with Gasteiger partial charge in [0.15, 0.2) is 0 Å². The van der Waals surface area contributed by atoms with Crippen LogP contribution in [0.2, 0.25) is 0 Å². The Balaban J connectivity index is 2.18. The number of rotatable bonds is 3. The summed E-state index contributed by atoms with van der Waals surface area (Å²) in [5, 5.41) is 22.7. The SMILES string of the molecule is N#Cc1cnc(NC2CCS(=O)CC2)c([N+](=O)[O-])c1. The van der Waals surface area contributed by atoms with Gasteiger partial charge in [-0.05, 0) is 12.8 Å². The summed E-state index contributed by atoms with van der Waals surface area (Å²) in [6, 6.07) is 3.07. The van der Waals surface area contributed by atoms with E-state index in [9.17, 15) is 14.3 Å². The van der Waals surface area contributed by atoms with Gasteiger partial charge in [-0.15, -0.1) is 0 Å². The summed E-state index contributed by atoms with van der Waals surface area (Å²) < 4.78 is 11.2. The molecule has 8 heteroatoms. The zero-order chi connectivity index (χ0) is 13.8. The van der Waals surface area contributed by atoms with Crippen molar-refractivity contribution in [2.45, 2.75) is 18.9 Å². The van der Waals surface area contributed by atoms with Gasteiger partial charge >= 0.3 is 5.69 Å². The first-order valence-corrected chi connectivity index (χ1v) is 7.25. The predicted molar refractivity (Wildman–Crippen MR) is 70.1 cm³/mol. The fourth-order valence-electron chi connectivity index (χ4n) is 1.90. The molecule has 1 fully saturated rings. The Morgan fingerprint density at radius 1 is 1.53 bits per heavy atom. The van der Waals surface area contributed by atoms with Crippen molar-refractivity contribution < 1.29 is 9.13 Å². The third-order valence-electron chi connectivity index (χ3n) is 2.92. The van der Waals surface area contributed by atoms with Crippen LogP contribution in [0.3, 0.4) is 0 Å². The van der Waals surface area contributed by atoms with E-state index in [0.29, 0.717) is 24.3 Å². The second kappa shape index (κ2) is 5.75. The summed E-state index contributed by atoms with van der Waals surface area (Å²) in [6.45, 7) is 0. The Bertz CT molecular complexity index is 560. The molecule has 0 bridgehead atoms. The molecule has 0 atom stereocenters. The minimum Gasteiger partial charge on any atom is -0.362 e. The van der Waals surface area contributed by atoms with Crippen molar-refractivity contribution >= 4 is 22.3 Å². The van der Waals surface area contributed by atoms with E-state index in [4.69, 9.17) is 5.26 Å². The van der Waals surface area contributed by atoms with Crippen LogP contribution in [0.25, 0.3) is 0 Å². The number of nitrogens with zero attached hydrogens (tertiary/aromatic N) is 3. The summed E-state index contributed by atoms with van der Waals surface area (Å²) in [6.07, 6.45) is 2.70. The zero-order valence-electron chi connectivity index (χ0n) is 10.0. The van der Waals surface area contributed by atoms with Crippen molar-refractivity contribution in [3.8, 4) is 6.07 Å². The van der Waals surface area contributed by atoms with Crippen LogP contribution in [0.1, 0.15) is 18.4 Å². The standard InChI is InChI=1S/C11H12N4O3S/c12-6-8-5-10(15(16)17)11(13-7-8)14-9-1-3-19(18)4-2-9/h5,7,9H,1-4H2,(H,13,14). The molecule has 1 aliphatic rings. The van der Waals surface area contributed by atoms with Crippen LogP contribution in [-0.2, 0) is 10.8 Å². The average Bonchev–Trinajstić information content (AvgIpc) is 2.41. The summed E-state index contributed by atoms with van der Waals surface area (Å²) in [5.41, 5.74) is -0.0484. The molecule has 2 heterocycles. The van der Waals surface area contributed by atoms with Gasteiger partial charge < -0.3 is 5.32 Å². The van der Waals surface area contributed by atoms with E-state index >= 15 is 0 Å². The van der Waals surface area contributed by atoms with E-state index in [-0.39, 0.29) is 23.1 Å². The largest absolute Gasteiger partial charge is 0.362 e. The maximum absolute atomic E-state index is 11.2. The number of hydrogen-bond acceptors (Lipinski definition) is 6. The molecule has 0 saturated carbocycles. The minimum atomic E-state index is -0.775. The van der Waals surface area contributed by atoms with Crippen molar-refractivity contribution in [2.24, 2.45) is 0 Å². The molecule has 1 aromatic rings. The molecule has 1 aromatic heterocycles. The first-order chi connectivity index (χ1) is 9.10. The highest BCUT2D eigenvalue weighted by atomic mass is 32.2. The van der Waals surface area contributed by atoms with Crippen molar-refractivity contribution in [1.29, 1.82) is 5.26 Å². The van der Waals surface area contributed by atoms with Crippen LogP contribution >= 0.6 is 0 Å². The topological polar surface area (TPSA) is 109 Å². The van der Waals surface area contributed by atoms with Crippen molar-refractivity contribution in [1.82, 2.24) is 4.98 Å². The summed E-state index contributed by atoms with van der Waals surface area (Å²) in [5.74, 6) is 1.37. The lowest BCUT2D eigenvalue weighted by Crippen LogP contribution is -2.30. The van der Waals surface area contributed by atoms with E-state index in [1.807, 2.05) is 6.07 Å². The van der Waals surface area contributed by atoms with E-state index in [1.165, 1.54) is 12.3 Å². The number of anilines is 1. The van der Waals surface area contributed by atoms with Gasteiger partial charge in [-0.3, -0.25) is 14.3 Å². The minimum absolute atomic E-state index is 0.0387. The molecule has 1 saturated heterocycles. The molecule has 0 radical (unpaired) electrons. The third kappa shape index (κ3) is 3.26. The lowest BCUT2D eigenvalue weighted by Gasteiger charge is -2.22. The monoisotopic (exact) mass is 280 g/mol. The van der Waals surface area contributed by atoms with Crippen molar-refractivity contribution in [3.05, 3.63) is 27.9 Å². The second-order valence-corrected chi connectivity index (χ2v) is 5.92. The fraction of sp³-hybridized carbons (Fsp3) is 0.455. The Morgan fingerprint density at radius 2 is 2.21 bits per heavy atom. The van der Waals surface area contributed by atoms with Crippen LogP contribution in [-0.4, -0.2) is 31.7 Å². The molecule has 0 aromatic carbocycles. The molecule has 0 amide bonds. The highest BCUT2D eigenvalue weighted by Gasteiger charge is 2.22. The van der Waals surface area contributed by atoms with Crippen LogP contribution in [0, 0.1) is 21.4 Å². The first-order valence-electron chi connectivity index (χ1n) is 5.76. The third-order valence-corrected chi connectivity index (χ3v) is 4.30. The quantitative estimate of drug-likeness (QED) is 0.657. The lowest BCUT2D eigenvalue weighted by molar-refractivity contribution is -0.384. The normalized spacial score (nSPS) is 22.5. The van der Waals surface area contributed by atoms with E-state index in [2.05, 4.69) is 10.3 Å². The molecule has 7 nitrogen and oxygen atoms in total. The number of nitro groups is 1. The van der Waals surface area contributed by atoms with Crippen molar-refractivity contribution in [2.75, 3.05) is 16.8 Å². The molecule has 100 valence electrons. The number of aromatic nitrogens is 1.